The summed E-state index contributed by atoms with van der Waals surface area (Å²) in [5.74, 6) is 0.762. The zero-order valence-electron chi connectivity index (χ0n) is 11.3. The van der Waals surface area contributed by atoms with Crippen molar-refractivity contribution in [2.24, 2.45) is 16.7 Å². The second-order valence-corrected chi connectivity index (χ2v) is 11.7. The predicted octanol–water partition coefficient (Wildman–Crippen LogP) is 2.50. The molecule has 18 heavy (non-hydrogen) atoms. The maximum absolute atomic E-state index is 11.3. The van der Waals surface area contributed by atoms with Crippen molar-refractivity contribution < 1.29 is 5.11 Å². The molecule has 3 aliphatic rings. The minimum atomic E-state index is -1.01. The number of hydrogen-bond donors (Lipinski definition) is 1. The van der Waals surface area contributed by atoms with E-state index in [1.807, 2.05) is 0 Å². The molecule has 2 bridgehead atoms. The molecule has 1 radical (unpaired) electrons. The molecular weight excluding hydrogens is 287 g/mol. The number of benzene rings is 1. The summed E-state index contributed by atoms with van der Waals surface area (Å²) < 4.78 is 1.17. The Labute approximate surface area is 113 Å². The van der Waals surface area contributed by atoms with Gasteiger partial charge in [0.1, 0.15) is 0 Å². The third-order valence-electron chi connectivity index (χ3n) is 6.38. The number of rotatable bonds is 1. The van der Waals surface area contributed by atoms with Gasteiger partial charge in [0.05, 0.1) is 0 Å². The molecule has 2 heteroatoms. The SMILES string of the molecule is CC1(C)[C@H]2CC[C@@]1(C)[C@]1(O)C2[Se]1c1ccccc1. The standard InChI is InChI=1S/C16H21OSe/c1-14(2)12-9-10-15(14,3)16(17)13(12)18(16)11-7-5-4-6-8-11/h4-8,12-13,17H,9-10H2,1-3H3/t12-,13?,15+,16-/m0/s1. The van der Waals surface area contributed by atoms with Crippen LogP contribution in [0.25, 0.3) is 0 Å². The monoisotopic (exact) mass is 309 g/mol. The summed E-state index contributed by atoms with van der Waals surface area (Å²) in [4.78, 5) is 0.633. The molecule has 1 aromatic rings. The Balaban J connectivity index is 1.80. The van der Waals surface area contributed by atoms with Crippen molar-refractivity contribution in [2.75, 3.05) is 0 Å². The zero-order chi connectivity index (χ0) is 12.8. The van der Waals surface area contributed by atoms with E-state index < -0.39 is 13.9 Å². The van der Waals surface area contributed by atoms with Crippen molar-refractivity contribution in [3.63, 3.8) is 0 Å². The first kappa shape index (κ1) is 11.5. The van der Waals surface area contributed by atoms with Gasteiger partial charge in [-0.3, -0.25) is 0 Å². The normalized spacial score (nSPS) is 48.2. The molecule has 1 heterocycles. The first-order valence-corrected chi connectivity index (χ1v) is 9.65. The molecule has 1 unspecified atom stereocenters. The van der Waals surface area contributed by atoms with Crippen LogP contribution in [0.4, 0.5) is 0 Å². The first-order chi connectivity index (χ1) is 8.44. The van der Waals surface area contributed by atoms with E-state index in [2.05, 4.69) is 51.1 Å². The maximum atomic E-state index is 11.3. The Morgan fingerprint density at radius 2 is 1.83 bits per heavy atom. The van der Waals surface area contributed by atoms with Crippen LogP contribution in [0, 0.1) is 16.7 Å². The second-order valence-electron chi connectivity index (χ2n) is 6.97. The molecule has 1 N–H and O–H groups in total. The van der Waals surface area contributed by atoms with E-state index in [0.717, 1.165) is 5.92 Å². The molecule has 97 valence electrons. The average molecular weight is 308 g/mol. The van der Waals surface area contributed by atoms with Gasteiger partial charge in [0, 0.05) is 0 Å². The number of fused-ring (bicyclic) bond motifs is 5. The fraction of sp³-hybridized carbons (Fsp3) is 0.625. The minimum absolute atomic E-state index is 0.163. The Morgan fingerprint density at radius 1 is 1.17 bits per heavy atom. The predicted molar refractivity (Wildman–Crippen MR) is 75.1 cm³/mol. The van der Waals surface area contributed by atoms with E-state index in [1.165, 1.54) is 17.3 Å². The molecule has 4 rings (SSSR count). The van der Waals surface area contributed by atoms with E-state index in [1.54, 1.807) is 0 Å². The number of aliphatic hydroxyl groups is 1. The van der Waals surface area contributed by atoms with Crippen LogP contribution in [0.5, 0.6) is 0 Å². The molecule has 4 atom stereocenters. The summed E-state index contributed by atoms with van der Waals surface area (Å²) in [7, 11) is 0. The molecule has 1 saturated heterocycles. The summed E-state index contributed by atoms with van der Waals surface area (Å²) >= 11 is -1.01. The van der Waals surface area contributed by atoms with Crippen LogP contribution in [-0.4, -0.2) is 23.5 Å². The van der Waals surface area contributed by atoms with Crippen molar-refractivity contribution in [2.45, 2.75) is 42.9 Å². The third-order valence-corrected chi connectivity index (χ3v) is 12.8. The molecule has 0 aromatic heterocycles. The molecule has 2 aliphatic carbocycles. The van der Waals surface area contributed by atoms with Crippen LogP contribution in [0.2, 0.25) is 4.82 Å². The quantitative estimate of drug-likeness (QED) is 0.790. The van der Waals surface area contributed by atoms with Gasteiger partial charge in [-0.15, -0.1) is 0 Å². The molecule has 1 nitrogen and oxygen atoms in total. The Hall–Kier alpha value is -0.301. The van der Waals surface area contributed by atoms with Crippen molar-refractivity contribution >= 4 is 18.4 Å². The van der Waals surface area contributed by atoms with Crippen molar-refractivity contribution in [1.82, 2.24) is 0 Å². The van der Waals surface area contributed by atoms with Gasteiger partial charge in [-0.05, 0) is 0 Å². The molecule has 3 fully saturated rings. The fourth-order valence-electron chi connectivity index (χ4n) is 4.87. The van der Waals surface area contributed by atoms with Crippen LogP contribution < -0.4 is 4.46 Å². The second kappa shape index (κ2) is 3.06. The van der Waals surface area contributed by atoms with Gasteiger partial charge in [0.2, 0.25) is 0 Å². The Kier molecular flexibility index (Phi) is 1.96. The fourth-order valence-corrected chi connectivity index (χ4v) is 13.2. The van der Waals surface area contributed by atoms with Crippen LogP contribution >= 0.6 is 0 Å². The van der Waals surface area contributed by atoms with Crippen molar-refractivity contribution in [3.05, 3.63) is 30.3 Å². The molecule has 0 spiro atoms. The van der Waals surface area contributed by atoms with Gasteiger partial charge in [0.15, 0.2) is 0 Å². The zero-order valence-corrected chi connectivity index (χ0v) is 13.0. The molecular formula is C16H21OSe. The van der Waals surface area contributed by atoms with Crippen LogP contribution in [0.3, 0.4) is 0 Å². The van der Waals surface area contributed by atoms with E-state index in [-0.39, 0.29) is 9.91 Å². The Bertz CT molecular complexity index is 511. The molecule has 2 saturated carbocycles. The summed E-state index contributed by atoms with van der Waals surface area (Å²) in [6, 6.07) is 10.8. The van der Waals surface area contributed by atoms with E-state index in [0.29, 0.717) is 10.2 Å². The topological polar surface area (TPSA) is 20.2 Å². The summed E-state index contributed by atoms with van der Waals surface area (Å²) in [6.45, 7) is 7.14. The van der Waals surface area contributed by atoms with Gasteiger partial charge in [0.25, 0.3) is 0 Å². The first-order valence-electron chi connectivity index (χ1n) is 6.95. The van der Waals surface area contributed by atoms with Crippen molar-refractivity contribution in [1.29, 1.82) is 0 Å². The molecule has 1 aromatic carbocycles. The van der Waals surface area contributed by atoms with Gasteiger partial charge in [-0.2, -0.15) is 0 Å². The average Bonchev–Trinajstić information content (AvgIpc) is 2.87. The summed E-state index contributed by atoms with van der Waals surface area (Å²) in [5, 5.41) is 11.3. The van der Waals surface area contributed by atoms with E-state index in [4.69, 9.17) is 0 Å². The number of hydrogen-bond acceptors (Lipinski definition) is 1. The van der Waals surface area contributed by atoms with Gasteiger partial charge >= 0.3 is 113 Å². The summed E-state index contributed by atoms with van der Waals surface area (Å²) in [5.41, 5.74) is 0.497. The van der Waals surface area contributed by atoms with Crippen LogP contribution in [-0.2, 0) is 0 Å². The third kappa shape index (κ3) is 0.952. The summed E-state index contributed by atoms with van der Waals surface area (Å²) in [6.07, 6.45) is 2.56. The Morgan fingerprint density at radius 3 is 2.39 bits per heavy atom. The van der Waals surface area contributed by atoms with Gasteiger partial charge in [-0.25, -0.2) is 0 Å². The van der Waals surface area contributed by atoms with Gasteiger partial charge in [-0.1, -0.05) is 0 Å². The van der Waals surface area contributed by atoms with Gasteiger partial charge < -0.3 is 0 Å². The van der Waals surface area contributed by atoms with Crippen LogP contribution in [0.15, 0.2) is 30.3 Å². The molecule has 1 aliphatic heterocycles. The van der Waals surface area contributed by atoms with E-state index in [9.17, 15) is 5.11 Å². The van der Waals surface area contributed by atoms with E-state index >= 15 is 0 Å². The van der Waals surface area contributed by atoms with Crippen molar-refractivity contribution in [3.8, 4) is 0 Å². The molecule has 0 amide bonds. The van der Waals surface area contributed by atoms with Crippen LogP contribution in [0.1, 0.15) is 33.6 Å².